The molecule has 5 aliphatic carbocycles. The van der Waals surface area contributed by atoms with E-state index in [1.165, 1.54) is 5.57 Å². The van der Waals surface area contributed by atoms with Crippen molar-refractivity contribution in [3.05, 3.63) is 12.2 Å². The Kier molecular flexibility index (Phi) is 11.3. The highest BCUT2D eigenvalue weighted by Gasteiger charge is 2.72. The van der Waals surface area contributed by atoms with Crippen LogP contribution in [0.4, 0.5) is 0 Å². The molecule has 10 nitrogen and oxygen atoms in total. The van der Waals surface area contributed by atoms with Gasteiger partial charge in [0.15, 0.2) is 5.79 Å². The lowest BCUT2D eigenvalue weighted by molar-refractivity contribution is -0.300. The molecular formula is C46H73NO9. The van der Waals surface area contributed by atoms with E-state index >= 15 is 0 Å². The number of aliphatic carboxylic acids is 2. The van der Waals surface area contributed by atoms with Gasteiger partial charge >= 0.3 is 17.9 Å². The number of carboxylic acids is 2. The van der Waals surface area contributed by atoms with E-state index in [0.29, 0.717) is 43.1 Å². The summed E-state index contributed by atoms with van der Waals surface area (Å²) in [4.78, 5) is 51.0. The second kappa shape index (κ2) is 14.7. The number of carboxylic acid groups (broad SMARTS) is 2. The Morgan fingerprint density at radius 1 is 0.821 bits per heavy atom. The quantitative estimate of drug-likeness (QED) is 0.138. The molecule has 1 heterocycles. The summed E-state index contributed by atoms with van der Waals surface area (Å²) < 4.78 is 18.2. The first-order valence-corrected chi connectivity index (χ1v) is 21.8. The van der Waals surface area contributed by atoms with Crippen LogP contribution in [0.3, 0.4) is 0 Å². The van der Waals surface area contributed by atoms with Gasteiger partial charge in [-0.05, 0) is 151 Å². The number of fused-ring (bicyclic) bond motifs is 7. The molecule has 3 N–H and O–H groups in total. The van der Waals surface area contributed by atoms with Crippen LogP contribution < -0.4 is 5.32 Å². The molecule has 1 saturated heterocycles. The average molecular weight is 784 g/mol. The number of amides is 1. The van der Waals surface area contributed by atoms with Crippen molar-refractivity contribution >= 4 is 23.8 Å². The molecule has 56 heavy (non-hydrogen) atoms. The van der Waals surface area contributed by atoms with Crippen molar-refractivity contribution in [2.75, 3.05) is 6.54 Å². The van der Waals surface area contributed by atoms with Crippen LogP contribution in [-0.4, -0.2) is 64.7 Å². The summed E-state index contributed by atoms with van der Waals surface area (Å²) in [5.41, 5.74) is -0.414. The number of rotatable bonds is 11. The maximum Gasteiger partial charge on any atom is 0.309 e. The number of hydrogen-bond donors (Lipinski definition) is 3. The summed E-state index contributed by atoms with van der Waals surface area (Å²) >= 11 is 0. The third-order valence-corrected chi connectivity index (χ3v) is 17.5. The van der Waals surface area contributed by atoms with Crippen molar-refractivity contribution in [1.29, 1.82) is 0 Å². The fourth-order valence-electron chi connectivity index (χ4n) is 14.6. The van der Waals surface area contributed by atoms with Gasteiger partial charge in [0, 0.05) is 18.4 Å². The second-order valence-corrected chi connectivity index (χ2v) is 21.8. The average Bonchev–Trinajstić information content (AvgIpc) is 3.46. The number of esters is 1. The van der Waals surface area contributed by atoms with Crippen LogP contribution in [0.5, 0.6) is 0 Å². The van der Waals surface area contributed by atoms with Crippen molar-refractivity contribution in [2.45, 2.75) is 183 Å². The largest absolute Gasteiger partial charge is 0.481 e. The van der Waals surface area contributed by atoms with Gasteiger partial charge in [0.25, 0.3) is 0 Å². The van der Waals surface area contributed by atoms with Crippen LogP contribution in [0.1, 0.15) is 159 Å². The molecular weight excluding hydrogens is 711 g/mol. The van der Waals surface area contributed by atoms with Crippen molar-refractivity contribution in [3.63, 3.8) is 0 Å². The highest BCUT2D eigenvalue weighted by atomic mass is 16.7. The number of ether oxygens (including phenoxy) is 3. The molecule has 6 rings (SSSR count). The van der Waals surface area contributed by atoms with E-state index in [-0.39, 0.29) is 58.5 Å². The third-order valence-electron chi connectivity index (χ3n) is 17.5. The Morgan fingerprint density at radius 3 is 2.14 bits per heavy atom. The molecule has 6 aliphatic rings. The van der Waals surface area contributed by atoms with Crippen molar-refractivity contribution in [1.82, 2.24) is 5.32 Å². The van der Waals surface area contributed by atoms with Gasteiger partial charge in [-0.3, -0.25) is 19.2 Å². The van der Waals surface area contributed by atoms with Gasteiger partial charge in [0.1, 0.15) is 6.10 Å². The number of carbonyl (C=O) groups is 4. The SMILES string of the molecule is C=C(C)[C@@H]1CC[C@]2(C(=O)NCCC3CC(CC(=O)O)OC(C)(C)O3)CC[C@]3(C)[C@H](CC[C@@H]4[C@@]5(C)CC[C@H](OC(=O)CC(C)(C)C(=O)O)C(C)(C)[C@@H]5CC[C@]43C)[C@@H]12. The predicted octanol–water partition coefficient (Wildman–Crippen LogP) is 8.95. The summed E-state index contributed by atoms with van der Waals surface area (Å²) in [5.74, 6) is -1.16. The summed E-state index contributed by atoms with van der Waals surface area (Å²) in [5, 5.41) is 22.4. The van der Waals surface area contributed by atoms with Crippen LogP contribution in [0.25, 0.3) is 0 Å². The topological polar surface area (TPSA) is 148 Å². The fourth-order valence-corrected chi connectivity index (χ4v) is 14.6. The second-order valence-electron chi connectivity index (χ2n) is 21.8. The molecule has 0 aromatic heterocycles. The van der Waals surface area contributed by atoms with Gasteiger partial charge in [0.05, 0.1) is 35.9 Å². The minimum absolute atomic E-state index is 0.0624. The van der Waals surface area contributed by atoms with Gasteiger partial charge in [-0.25, -0.2) is 0 Å². The zero-order valence-electron chi connectivity index (χ0n) is 36.2. The van der Waals surface area contributed by atoms with Crippen molar-refractivity contribution in [2.24, 2.45) is 62.1 Å². The minimum atomic E-state index is -1.17. The van der Waals surface area contributed by atoms with E-state index < -0.39 is 40.6 Å². The van der Waals surface area contributed by atoms with E-state index in [4.69, 9.17) is 14.2 Å². The van der Waals surface area contributed by atoms with Gasteiger partial charge in [0.2, 0.25) is 5.91 Å². The zero-order valence-corrected chi connectivity index (χ0v) is 36.2. The Morgan fingerprint density at radius 2 is 1.50 bits per heavy atom. The fraction of sp³-hybridized carbons (Fsp3) is 0.870. The highest BCUT2D eigenvalue weighted by molar-refractivity contribution is 5.84. The lowest BCUT2D eigenvalue weighted by Gasteiger charge is -2.72. The molecule has 10 heteroatoms. The Bertz CT molecular complexity index is 1590. The molecule has 0 aromatic rings. The third kappa shape index (κ3) is 7.17. The molecule has 0 aromatic carbocycles. The van der Waals surface area contributed by atoms with Crippen molar-refractivity contribution in [3.8, 4) is 0 Å². The molecule has 0 spiro atoms. The van der Waals surface area contributed by atoms with Gasteiger partial charge in [-0.2, -0.15) is 0 Å². The maximum absolute atomic E-state index is 14.7. The normalized spacial score (nSPS) is 42.5. The van der Waals surface area contributed by atoms with E-state index in [1.807, 2.05) is 13.8 Å². The lowest BCUT2D eigenvalue weighted by atomic mass is 9.32. The summed E-state index contributed by atoms with van der Waals surface area (Å²) in [7, 11) is 0. The molecule has 12 atom stereocenters. The molecule has 0 radical (unpaired) electrons. The summed E-state index contributed by atoms with van der Waals surface area (Å²) in [6.45, 7) is 26.2. The maximum atomic E-state index is 14.7. The Labute approximate surface area is 336 Å². The molecule has 316 valence electrons. The first-order valence-electron chi connectivity index (χ1n) is 21.8. The standard InChI is InChI=1S/C46H73NO9/c1-27(2)30-14-20-46(38(51)47-23-17-28-24-29(25-35(48)49)56-42(7,8)55-28)22-21-44(10)31(37(30)46)12-13-33-43(9)18-16-34(54-36(50)26-40(3,4)39(52)53)41(5,6)32(43)15-19-45(33,44)11/h28-34,37H,1,12-26H2,2-11H3,(H,47,51)(H,48,49)(H,52,53)/t28?,29?,30-,31+,32-,33+,34-,37+,43-,44+,45+,46-/m0/s1. The number of nitrogens with one attached hydrogen (secondary N) is 1. The summed E-state index contributed by atoms with van der Waals surface area (Å²) in [6, 6.07) is 0. The number of carbonyl (C=O) groups excluding carboxylic acids is 2. The van der Waals surface area contributed by atoms with E-state index in [0.717, 1.165) is 64.2 Å². The van der Waals surface area contributed by atoms with Crippen LogP contribution in [0.15, 0.2) is 12.2 Å². The van der Waals surface area contributed by atoms with E-state index in [1.54, 1.807) is 13.8 Å². The summed E-state index contributed by atoms with van der Waals surface area (Å²) in [6.07, 6.45) is 9.98. The first-order chi connectivity index (χ1) is 25.8. The molecule has 5 saturated carbocycles. The molecule has 1 amide bonds. The monoisotopic (exact) mass is 784 g/mol. The molecule has 1 aliphatic heterocycles. The predicted molar refractivity (Wildman–Crippen MR) is 213 cm³/mol. The molecule has 0 bridgehead atoms. The number of hydrogen-bond acceptors (Lipinski definition) is 7. The minimum Gasteiger partial charge on any atom is -0.481 e. The Balaban J connectivity index is 1.19. The van der Waals surface area contributed by atoms with Gasteiger partial charge in [-0.1, -0.05) is 46.8 Å². The van der Waals surface area contributed by atoms with Crippen LogP contribution >= 0.6 is 0 Å². The molecule has 6 fully saturated rings. The zero-order chi connectivity index (χ0) is 41.4. The van der Waals surface area contributed by atoms with E-state index in [2.05, 4.69) is 53.4 Å². The van der Waals surface area contributed by atoms with Crippen LogP contribution in [-0.2, 0) is 33.4 Å². The number of allylic oxidation sites excluding steroid dienone is 1. The molecule has 2 unspecified atom stereocenters. The van der Waals surface area contributed by atoms with Gasteiger partial charge < -0.3 is 29.7 Å². The van der Waals surface area contributed by atoms with Crippen LogP contribution in [0, 0.1) is 62.1 Å². The van der Waals surface area contributed by atoms with Crippen LogP contribution in [0.2, 0.25) is 0 Å². The Hall–Kier alpha value is -2.46. The lowest BCUT2D eigenvalue weighted by Crippen LogP contribution is -2.67. The first kappa shape index (κ1) is 43.1. The highest BCUT2D eigenvalue weighted by Crippen LogP contribution is 2.77. The van der Waals surface area contributed by atoms with Crippen molar-refractivity contribution < 1.29 is 43.6 Å². The smallest absolute Gasteiger partial charge is 0.309 e. The van der Waals surface area contributed by atoms with Gasteiger partial charge in [-0.15, -0.1) is 0 Å². The van der Waals surface area contributed by atoms with E-state index in [9.17, 15) is 29.4 Å².